The average Bonchev–Trinajstić information content (AvgIpc) is 2.82. The van der Waals surface area contributed by atoms with Crippen LogP contribution in [0.1, 0.15) is 38.5 Å². The number of benzene rings is 3. The lowest BCUT2D eigenvalue weighted by molar-refractivity contribution is -0.123. The average molecular weight is 399 g/mol. The second-order valence-corrected chi connectivity index (χ2v) is 12.3. The summed E-state index contributed by atoms with van der Waals surface area (Å²) >= 11 is 0. The van der Waals surface area contributed by atoms with Crippen molar-refractivity contribution in [3.8, 4) is 0 Å². The third kappa shape index (κ3) is 4.28. The van der Waals surface area contributed by atoms with Crippen LogP contribution in [0.4, 0.5) is 0 Å². The number of hydrogen-bond donors (Lipinski definition) is 0. The molecule has 3 aromatic carbocycles. The molecule has 3 aromatic rings. The highest BCUT2D eigenvalue weighted by atomic mass is 28.3. The zero-order chi connectivity index (χ0) is 19.9. The van der Waals surface area contributed by atoms with Crippen LogP contribution in [0, 0.1) is 5.92 Å². The Morgan fingerprint density at radius 3 is 1.48 bits per heavy atom. The molecule has 0 aliphatic heterocycles. The second kappa shape index (κ2) is 9.36. The summed E-state index contributed by atoms with van der Waals surface area (Å²) in [5.74, 6) is 0.780. The Balaban J connectivity index is 1.76. The second-order valence-electron chi connectivity index (χ2n) is 8.30. The van der Waals surface area contributed by atoms with Gasteiger partial charge >= 0.3 is 0 Å². The minimum atomic E-state index is -2.27. The Labute approximate surface area is 175 Å². The minimum Gasteiger partial charge on any atom is -0.299 e. The van der Waals surface area contributed by atoms with E-state index in [-0.39, 0.29) is 5.92 Å². The summed E-state index contributed by atoms with van der Waals surface area (Å²) < 4.78 is 0. The fourth-order valence-corrected chi connectivity index (χ4v) is 9.81. The molecule has 0 spiro atoms. The van der Waals surface area contributed by atoms with Crippen molar-refractivity contribution in [3.63, 3.8) is 0 Å². The molecule has 148 valence electrons. The van der Waals surface area contributed by atoms with Gasteiger partial charge in [-0.3, -0.25) is 4.79 Å². The fraction of sp³-hybridized carbons (Fsp3) is 0.296. The predicted molar refractivity (Wildman–Crippen MR) is 125 cm³/mol. The monoisotopic (exact) mass is 398 g/mol. The Kier molecular flexibility index (Phi) is 6.41. The lowest BCUT2D eigenvalue weighted by Gasteiger charge is -2.34. The van der Waals surface area contributed by atoms with Crippen molar-refractivity contribution in [2.75, 3.05) is 0 Å². The van der Waals surface area contributed by atoms with Crippen LogP contribution in [0.25, 0.3) is 0 Å². The van der Waals surface area contributed by atoms with Crippen LogP contribution in [-0.2, 0) is 4.79 Å². The fourth-order valence-electron chi connectivity index (χ4n) is 5.04. The molecule has 0 radical (unpaired) electrons. The van der Waals surface area contributed by atoms with Gasteiger partial charge in [-0.05, 0) is 34.4 Å². The van der Waals surface area contributed by atoms with Gasteiger partial charge in [-0.2, -0.15) is 0 Å². The standard InChI is InChI=1S/C27H30OSi/c28-27(23-13-5-1-6-14-23)21-22-29(24-15-7-2-8-16-24,25-17-9-3-10-18-25)26-19-11-4-12-20-26/h2-4,7-12,15-20,23H,1,5-6,13-14,21-22H2. The maximum atomic E-state index is 13.2. The Morgan fingerprint density at radius 2 is 1.07 bits per heavy atom. The molecule has 0 bridgehead atoms. The zero-order valence-electron chi connectivity index (χ0n) is 17.1. The molecule has 1 aliphatic rings. The van der Waals surface area contributed by atoms with Gasteiger partial charge in [0, 0.05) is 12.3 Å². The quantitative estimate of drug-likeness (QED) is 0.417. The minimum absolute atomic E-state index is 0.290. The van der Waals surface area contributed by atoms with Crippen molar-refractivity contribution in [3.05, 3.63) is 91.0 Å². The number of Topliss-reactive ketones (excluding diaryl/α,β-unsaturated/α-hetero) is 1. The van der Waals surface area contributed by atoms with Gasteiger partial charge in [0.1, 0.15) is 13.9 Å². The third-order valence-corrected chi connectivity index (χ3v) is 11.6. The van der Waals surface area contributed by atoms with Gasteiger partial charge < -0.3 is 0 Å². The van der Waals surface area contributed by atoms with Crippen LogP contribution in [0.15, 0.2) is 91.0 Å². The van der Waals surface area contributed by atoms with E-state index in [1.54, 1.807) is 0 Å². The molecule has 0 unspecified atom stereocenters. The summed E-state index contributed by atoms with van der Waals surface area (Å²) in [7, 11) is -2.27. The maximum absolute atomic E-state index is 13.2. The van der Waals surface area contributed by atoms with Crippen LogP contribution in [0.3, 0.4) is 0 Å². The van der Waals surface area contributed by atoms with Crippen molar-refractivity contribution < 1.29 is 4.79 Å². The van der Waals surface area contributed by atoms with E-state index in [9.17, 15) is 4.79 Å². The molecule has 4 rings (SSSR count). The van der Waals surface area contributed by atoms with Crippen molar-refractivity contribution in [2.24, 2.45) is 5.92 Å². The van der Waals surface area contributed by atoms with Crippen LogP contribution in [0.2, 0.25) is 6.04 Å². The van der Waals surface area contributed by atoms with Crippen molar-refractivity contribution in [2.45, 2.75) is 44.6 Å². The molecule has 1 nitrogen and oxygen atoms in total. The molecule has 2 heteroatoms. The number of carbonyl (C=O) groups excluding carboxylic acids is 1. The molecule has 1 fully saturated rings. The van der Waals surface area contributed by atoms with Gasteiger partial charge in [0.25, 0.3) is 0 Å². The molecule has 29 heavy (non-hydrogen) atoms. The van der Waals surface area contributed by atoms with E-state index in [0.717, 1.165) is 18.9 Å². The van der Waals surface area contributed by atoms with Crippen LogP contribution in [0.5, 0.6) is 0 Å². The molecular formula is C27H30OSi. The zero-order valence-corrected chi connectivity index (χ0v) is 18.1. The predicted octanol–water partition coefficient (Wildman–Crippen LogP) is 4.70. The molecule has 0 aromatic heterocycles. The molecular weight excluding hydrogens is 368 g/mol. The number of hydrogen-bond acceptors (Lipinski definition) is 1. The van der Waals surface area contributed by atoms with Crippen LogP contribution in [-0.4, -0.2) is 13.9 Å². The van der Waals surface area contributed by atoms with Gasteiger partial charge in [-0.25, -0.2) is 0 Å². The van der Waals surface area contributed by atoms with E-state index in [4.69, 9.17) is 0 Å². The van der Waals surface area contributed by atoms with Gasteiger partial charge in [0.15, 0.2) is 0 Å². The summed E-state index contributed by atoms with van der Waals surface area (Å²) in [4.78, 5) is 13.2. The highest BCUT2D eigenvalue weighted by Gasteiger charge is 2.39. The first-order chi connectivity index (χ1) is 14.3. The van der Waals surface area contributed by atoms with E-state index >= 15 is 0 Å². The summed E-state index contributed by atoms with van der Waals surface area (Å²) in [6.45, 7) is 0. The topological polar surface area (TPSA) is 17.1 Å². The maximum Gasteiger partial charge on any atom is 0.148 e. The Morgan fingerprint density at radius 1 is 0.655 bits per heavy atom. The first kappa shape index (κ1) is 19.8. The number of carbonyl (C=O) groups is 1. The molecule has 1 saturated carbocycles. The van der Waals surface area contributed by atoms with E-state index in [2.05, 4.69) is 91.0 Å². The lowest BCUT2D eigenvalue weighted by Crippen LogP contribution is -2.67. The van der Waals surface area contributed by atoms with Crippen LogP contribution < -0.4 is 15.6 Å². The molecule has 0 N–H and O–H groups in total. The smallest absolute Gasteiger partial charge is 0.148 e. The molecule has 1 aliphatic carbocycles. The molecule has 0 saturated heterocycles. The molecule has 0 heterocycles. The largest absolute Gasteiger partial charge is 0.299 e. The first-order valence-corrected chi connectivity index (χ1v) is 13.2. The number of rotatable bonds is 7. The van der Waals surface area contributed by atoms with Crippen molar-refractivity contribution >= 4 is 29.4 Å². The first-order valence-electron chi connectivity index (χ1n) is 11.0. The summed E-state index contributed by atoms with van der Waals surface area (Å²) in [5, 5.41) is 4.19. The van der Waals surface area contributed by atoms with Gasteiger partial charge in [0.05, 0.1) is 0 Å². The van der Waals surface area contributed by atoms with Crippen molar-refractivity contribution in [1.29, 1.82) is 0 Å². The molecule has 0 amide bonds. The van der Waals surface area contributed by atoms with Gasteiger partial charge in [-0.15, -0.1) is 0 Å². The van der Waals surface area contributed by atoms with Gasteiger partial charge in [0.2, 0.25) is 0 Å². The summed E-state index contributed by atoms with van der Waals surface area (Å²) in [6.07, 6.45) is 6.60. The van der Waals surface area contributed by atoms with Gasteiger partial charge in [-0.1, -0.05) is 110 Å². The lowest BCUT2D eigenvalue weighted by atomic mass is 9.85. The normalized spacial score (nSPS) is 15.2. The van der Waals surface area contributed by atoms with E-state index in [1.165, 1.54) is 34.8 Å². The summed E-state index contributed by atoms with van der Waals surface area (Å²) in [6, 6.07) is 33.7. The summed E-state index contributed by atoms with van der Waals surface area (Å²) in [5.41, 5.74) is 0. The number of ketones is 1. The van der Waals surface area contributed by atoms with E-state index < -0.39 is 8.07 Å². The van der Waals surface area contributed by atoms with E-state index in [0.29, 0.717) is 12.2 Å². The van der Waals surface area contributed by atoms with E-state index in [1.807, 2.05) is 0 Å². The van der Waals surface area contributed by atoms with Crippen molar-refractivity contribution in [1.82, 2.24) is 0 Å². The third-order valence-electron chi connectivity index (χ3n) is 6.61. The molecule has 0 atom stereocenters. The van der Waals surface area contributed by atoms with Crippen LogP contribution >= 0.6 is 0 Å². The highest BCUT2D eigenvalue weighted by Crippen LogP contribution is 2.27. The SMILES string of the molecule is O=C(CC[Si](c1ccccc1)(c1ccccc1)c1ccccc1)C1CCCCC1. The highest BCUT2D eigenvalue weighted by molar-refractivity contribution is 7.11. The Hall–Kier alpha value is -2.45. The Bertz CT molecular complexity index is 802.